The SMILES string of the molecule is CSc1ccn(C)c1C(C)=O. The quantitative estimate of drug-likeness (QED) is 0.498. The topological polar surface area (TPSA) is 22.0 Å². The molecule has 0 fully saturated rings. The van der Waals surface area contributed by atoms with E-state index in [1.165, 1.54) is 0 Å². The van der Waals surface area contributed by atoms with E-state index >= 15 is 0 Å². The van der Waals surface area contributed by atoms with E-state index in [0.29, 0.717) is 0 Å². The summed E-state index contributed by atoms with van der Waals surface area (Å²) in [5.74, 6) is 0.127. The summed E-state index contributed by atoms with van der Waals surface area (Å²) >= 11 is 1.60. The molecular formula is C8H11NOS. The molecule has 0 saturated carbocycles. The Labute approximate surface area is 70.6 Å². The van der Waals surface area contributed by atoms with E-state index in [1.807, 2.05) is 30.1 Å². The van der Waals surface area contributed by atoms with Crippen molar-refractivity contribution in [2.24, 2.45) is 7.05 Å². The highest BCUT2D eigenvalue weighted by atomic mass is 32.2. The molecule has 0 saturated heterocycles. The zero-order valence-electron chi connectivity index (χ0n) is 6.92. The van der Waals surface area contributed by atoms with Gasteiger partial charge in [0.1, 0.15) is 0 Å². The van der Waals surface area contributed by atoms with Gasteiger partial charge in [0, 0.05) is 25.1 Å². The Morgan fingerprint density at radius 3 is 2.64 bits per heavy atom. The predicted molar refractivity (Wildman–Crippen MR) is 47.2 cm³/mol. The van der Waals surface area contributed by atoms with Crippen molar-refractivity contribution >= 4 is 17.5 Å². The van der Waals surface area contributed by atoms with Crippen molar-refractivity contribution in [3.05, 3.63) is 18.0 Å². The first-order valence-corrected chi connectivity index (χ1v) is 4.59. The molecule has 0 N–H and O–H groups in total. The Hall–Kier alpha value is -0.700. The second-order valence-corrected chi connectivity index (χ2v) is 3.25. The van der Waals surface area contributed by atoms with Crippen LogP contribution < -0.4 is 0 Å². The van der Waals surface area contributed by atoms with Crippen LogP contribution in [0, 0.1) is 0 Å². The largest absolute Gasteiger partial charge is 0.347 e. The zero-order valence-corrected chi connectivity index (χ0v) is 7.73. The van der Waals surface area contributed by atoms with E-state index in [2.05, 4.69) is 0 Å². The highest BCUT2D eigenvalue weighted by Gasteiger charge is 2.09. The number of Topliss-reactive ketones (excluding diaryl/α,β-unsaturated/α-hetero) is 1. The lowest BCUT2D eigenvalue weighted by atomic mass is 10.3. The van der Waals surface area contributed by atoms with Gasteiger partial charge in [0.2, 0.25) is 0 Å². The molecule has 60 valence electrons. The molecule has 2 nitrogen and oxygen atoms in total. The van der Waals surface area contributed by atoms with E-state index in [0.717, 1.165) is 10.6 Å². The van der Waals surface area contributed by atoms with Crippen LogP contribution >= 0.6 is 11.8 Å². The van der Waals surface area contributed by atoms with Crippen molar-refractivity contribution in [2.75, 3.05) is 6.26 Å². The molecular weight excluding hydrogens is 158 g/mol. The first-order valence-electron chi connectivity index (χ1n) is 3.37. The minimum Gasteiger partial charge on any atom is -0.347 e. The maximum Gasteiger partial charge on any atom is 0.177 e. The van der Waals surface area contributed by atoms with Crippen LogP contribution in [0.4, 0.5) is 0 Å². The average Bonchev–Trinajstić information content (AvgIpc) is 2.30. The van der Waals surface area contributed by atoms with Crippen molar-refractivity contribution in [1.82, 2.24) is 4.57 Å². The number of rotatable bonds is 2. The molecule has 11 heavy (non-hydrogen) atoms. The first-order chi connectivity index (χ1) is 5.16. The molecule has 0 amide bonds. The van der Waals surface area contributed by atoms with Gasteiger partial charge in [-0.25, -0.2) is 0 Å². The number of carbonyl (C=O) groups excluding carboxylic acids is 1. The Morgan fingerprint density at radius 1 is 1.64 bits per heavy atom. The highest BCUT2D eigenvalue weighted by Crippen LogP contribution is 2.20. The summed E-state index contributed by atoms with van der Waals surface area (Å²) in [5.41, 5.74) is 0.803. The smallest absolute Gasteiger partial charge is 0.177 e. The monoisotopic (exact) mass is 169 g/mol. The zero-order chi connectivity index (χ0) is 8.43. The third kappa shape index (κ3) is 1.48. The fraction of sp³-hybridized carbons (Fsp3) is 0.375. The van der Waals surface area contributed by atoms with Gasteiger partial charge in [-0.15, -0.1) is 11.8 Å². The summed E-state index contributed by atoms with van der Waals surface area (Å²) in [6, 6.07) is 1.96. The third-order valence-corrected chi connectivity index (χ3v) is 2.36. The molecule has 0 atom stereocenters. The van der Waals surface area contributed by atoms with Crippen LogP contribution in [0.25, 0.3) is 0 Å². The van der Waals surface area contributed by atoms with Crippen LogP contribution in [0.15, 0.2) is 17.2 Å². The fourth-order valence-corrected chi connectivity index (χ4v) is 1.77. The van der Waals surface area contributed by atoms with E-state index in [9.17, 15) is 4.79 Å². The summed E-state index contributed by atoms with van der Waals surface area (Å²) < 4.78 is 1.86. The van der Waals surface area contributed by atoms with Crippen molar-refractivity contribution in [2.45, 2.75) is 11.8 Å². The van der Waals surface area contributed by atoms with Crippen LogP contribution in [-0.2, 0) is 7.05 Å². The van der Waals surface area contributed by atoms with Crippen molar-refractivity contribution < 1.29 is 4.79 Å². The lowest BCUT2D eigenvalue weighted by molar-refractivity contribution is 0.100. The molecule has 1 aromatic heterocycles. The first kappa shape index (κ1) is 8.40. The second-order valence-electron chi connectivity index (χ2n) is 2.40. The van der Waals surface area contributed by atoms with Crippen LogP contribution in [-0.4, -0.2) is 16.6 Å². The molecule has 0 aromatic carbocycles. The Kier molecular flexibility index (Phi) is 2.39. The van der Waals surface area contributed by atoms with Gasteiger partial charge in [0.05, 0.1) is 5.69 Å². The van der Waals surface area contributed by atoms with Crippen LogP contribution in [0.1, 0.15) is 17.4 Å². The van der Waals surface area contributed by atoms with Crippen LogP contribution in [0.2, 0.25) is 0 Å². The summed E-state index contributed by atoms with van der Waals surface area (Å²) in [5, 5.41) is 0. The normalized spacial score (nSPS) is 10.1. The van der Waals surface area contributed by atoms with Gasteiger partial charge in [0.15, 0.2) is 5.78 Å². The molecule has 0 radical (unpaired) electrons. The van der Waals surface area contributed by atoms with Crippen molar-refractivity contribution in [1.29, 1.82) is 0 Å². The minimum atomic E-state index is 0.127. The average molecular weight is 169 g/mol. The highest BCUT2D eigenvalue weighted by molar-refractivity contribution is 7.98. The number of hydrogen-bond acceptors (Lipinski definition) is 2. The molecule has 0 spiro atoms. The lowest BCUT2D eigenvalue weighted by Gasteiger charge is -1.99. The van der Waals surface area contributed by atoms with E-state index in [-0.39, 0.29) is 5.78 Å². The molecule has 1 heterocycles. The molecule has 0 unspecified atom stereocenters. The molecule has 1 aromatic rings. The Balaban J connectivity index is 3.17. The van der Waals surface area contributed by atoms with E-state index in [4.69, 9.17) is 0 Å². The van der Waals surface area contributed by atoms with Gasteiger partial charge in [-0.05, 0) is 12.3 Å². The third-order valence-electron chi connectivity index (χ3n) is 1.59. The summed E-state index contributed by atoms with van der Waals surface area (Å²) in [6.07, 6.45) is 3.88. The molecule has 1 rings (SSSR count). The maximum atomic E-state index is 11.1. The molecule has 0 bridgehead atoms. The maximum absolute atomic E-state index is 11.1. The van der Waals surface area contributed by atoms with Crippen LogP contribution in [0.3, 0.4) is 0 Å². The van der Waals surface area contributed by atoms with E-state index < -0.39 is 0 Å². The van der Waals surface area contributed by atoms with Gasteiger partial charge in [-0.3, -0.25) is 4.79 Å². The fourth-order valence-electron chi connectivity index (χ4n) is 1.09. The molecule has 3 heteroatoms. The van der Waals surface area contributed by atoms with Gasteiger partial charge >= 0.3 is 0 Å². The van der Waals surface area contributed by atoms with Crippen molar-refractivity contribution in [3.63, 3.8) is 0 Å². The number of aromatic nitrogens is 1. The molecule has 0 aliphatic carbocycles. The predicted octanol–water partition coefficient (Wildman–Crippen LogP) is 1.95. The lowest BCUT2D eigenvalue weighted by Crippen LogP contribution is -2.01. The van der Waals surface area contributed by atoms with Gasteiger partial charge < -0.3 is 4.57 Å². The Bertz CT molecular complexity index is 278. The number of carbonyl (C=O) groups is 1. The molecule has 0 aliphatic heterocycles. The summed E-state index contributed by atoms with van der Waals surface area (Å²) in [6.45, 7) is 1.59. The number of aryl methyl sites for hydroxylation is 1. The molecule has 0 aliphatic rings. The minimum absolute atomic E-state index is 0.127. The van der Waals surface area contributed by atoms with E-state index in [1.54, 1.807) is 18.7 Å². The number of hydrogen-bond donors (Lipinski definition) is 0. The second kappa shape index (κ2) is 3.13. The van der Waals surface area contributed by atoms with Crippen molar-refractivity contribution in [3.8, 4) is 0 Å². The van der Waals surface area contributed by atoms with Crippen LogP contribution in [0.5, 0.6) is 0 Å². The summed E-state index contributed by atoms with van der Waals surface area (Å²) in [4.78, 5) is 12.1. The van der Waals surface area contributed by atoms with Gasteiger partial charge in [-0.2, -0.15) is 0 Å². The Morgan fingerprint density at radius 2 is 2.27 bits per heavy atom. The number of thioether (sulfide) groups is 1. The number of ketones is 1. The summed E-state index contributed by atoms with van der Waals surface area (Å²) in [7, 11) is 1.89. The standard InChI is InChI=1S/C8H11NOS/c1-6(10)8-7(11-3)4-5-9(8)2/h4-5H,1-3H3. The number of nitrogens with zero attached hydrogens (tertiary/aromatic N) is 1. The van der Waals surface area contributed by atoms with Gasteiger partial charge in [0.25, 0.3) is 0 Å². The van der Waals surface area contributed by atoms with Gasteiger partial charge in [-0.1, -0.05) is 0 Å².